The van der Waals surface area contributed by atoms with Crippen molar-refractivity contribution in [3.05, 3.63) is 45.4 Å². The van der Waals surface area contributed by atoms with E-state index in [0.717, 1.165) is 27.6 Å². The quantitative estimate of drug-likeness (QED) is 0.919. The summed E-state index contributed by atoms with van der Waals surface area (Å²) in [5.41, 5.74) is 2.89. The lowest BCUT2D eigenvalue weighted by Crippen LogP contribution is -1.99. The van der Waals surface area contributed by atoms with E-state index in [4.69, 9.17) is 4.74 Å². The molecule has 0 aliphatic carbocycles. The molecule has 96 valence electrons. The second-order valence-electron chi connectivity index (χ2n) is 4.35. The Kier molecular flexibility index (Phi) is 3.99. The van der Waals surface area contributed by atoms with Crippen LogP contribution < -0.4 is 4.74 Å². The summed E-state index contributed by atoms with van der Waals surface area (Å²) in [6.07, 6.45) is -0.445. The average molecular weight is 263 g/mol. The Balaban J connectivity index is 2.05. The highest BCUT2D eigenvalue weighted by Gasteiger charge is 2.06. The van der Waals surface area contributed by atoms with E-state index in [9.17, 15) is 5.11 Å². The second kappa shape index (κ2) is 5.50. The molecule has 1 N–H and O–H groups in total. The Bertz CT molecular complexity index is 534. The Hall–Kier alpha value is -1.39. The molecule has 4 heteroatoms. The van der Waals surface area contributed by atoms with Crippen LogP contribution in [0.1, 0.15) is 34.9 Å². The van der Waals surface area contributed by atoms with Crippen LogP contribution in [0.4, 0.5) is 0 Å². The highest BCUT2D eigenvalue weighted by Crippen LogP contribution is 2.23. The van der Waals surface area contributed by atoms with E-state index in [1.807, 2.05) is 37.4 Å². The van der Waals surface area contributed by atoms with Gasteiger partial charge in [-0.05, 0) is 44.0 Å². The number of hydrogen-bond donors (Lipinski definition) is 1. The Labute approximate surface area is 111 Å². The first kappa shape index (κ1) is 13.1. The van der Waals surface area contributed by atoms with Gasteiger partial charge in [0.15, 0.2) is 0 Å². The third-order valence-corrected chi connectivity index (χ3v) is 3.55. The maximum atomic E-state index is 9.50. The summed E-state index contributed by atoms with van der Waals surface area (Å²) in [6, 6.07) is 5.74. The molecule has 0 unspecified atom stereocenters. The van der Waals surface area contributed by atoms with Crippen LogP contribution in [0.5, 0.6) is 5.75 Å². The van der Waals surface area contributed by atoms with Crippen molar-refractivity contribution in [2.24, 2.45) is 0 Å². The summed E-state index contributed by atoms with van der Waals surface area (Å²) in [6.45, 7) is 6.21. The molecule has 2 rings (SSSR count). The first-order valence-electron chi connectivity index (χ1n) is 5.88. The monoisotopic (exact) mass is 263 g/mol. The maximum absolute atomic E-state index is 9.50. The molecule has 3 nitrogen and oxygen atoms in total. The molecule has 1 aromatic heterocycles. The predicted octanol–water partition coefficient (Wildman–Crippen LogP) is 3.39. The summed E-state index contributed by atoms with van der Waals surface area (Å²) in [7, 11) is 0. The van der Waals surface area contributed by atoms with Gasteiger partial charge >= 0.3 is 0 Å². The summed E-state index contributed by atoms with van der Waals surface area (Å²) in [5, 5.41) is 12.6. The predicted molar refractivity (Wildman–Crippen MR) is 73.0 cm³/mol. The number of ether oxygens (including phenoxy) is 1. The Morgan fingerprint density at radius 2 is 2.17 bits per heavy atom. The van der Waals surface area contributed by atoms with E-state index in [-0.39, 0.29) is 0 Å². The standard InChI is InChI=1S/C14H17NO2S/c1-9-6-12(10(2)16)4-5-14(9)17-7-13-8-18-11(3)15-13/h4-6,8,10,16H,7H2,1-3H3/t10-/m0/s1. The topological polar surface area (TPSA) is 42.4 Å². The van der Waals surface area contributed by atoms with Crippen molar-refractivity contribution in [3.8, 4) is 5.75 Å². The summed E-state index contributed by atoms with van der Waals surface area (Å²) >= 11 is 1.63. The number of aryl methyl sites for hydroxylation is 2. The first-order valence-corrected chi connectivity index (χ1v) is 6.76. The number of thiazole rings is 1. The Morgan fingerprint density at radius 3 is 2.72 bits per heavy atom. The number of rotatable bonds is 4. The van der Waals surface area contributed by atoms with Gasteiger partial charge in [0.1, 0.15) is 12.4 Å². The highest BCUT2D eigenvalue weighted by molar-refractivity contribution is 7.09. The second-order valence-corrected chi connectivity index (χ2v) is 5.41. The van der Waals surface area contributed by atoms with E-state index in [0.29, 0.717) is 6.61 Å². The fraction of sp³-hybridized carbons (Fsp3) is 0.357. The molecule has 18 heavy (non-hydrogen) atoms. The van der Waals surface area contributed by atoms with Gasteiger partial charge in [0.2, 0.25) is 0 Å². The van der Waals surface area contributed by atoms with Crippen LogP contribution in [0.15, 0.2) is 23.6 Å². The van der Waals surface area contributed by atoms with Gasteiger partial charge in [0.25, 0.3) is 0 Å². The molecule has 2 aromatic rings. The molecule has 0 radical (unpaired) electrons. The largest absolute Gasteiger partial charge is 0.487 e. The SMILES string of the molecule is Cc1nc(COc2ccc([C@H](C)O)cc2C)cs1. The number of nitrogens with zero attached hydrogens (tertiary/aromatic N) is 1. The van der Waals surface area contributed by atoms with Crippen molar-refractivity contribution in [3.63, 3.8) is 0 Å². The van der Waals surface area contributed by atoms with Gasteiger partial charge in [-0.1, -0.05) is 6.07 Å². The van der Waals surface area contributed by atoms with Gasteiger partial charge in [0.05, 0.1) is 16.8 Å². The van der Waals surface area contributed by atoms with Crippen molar-refractivity contribution < 1.29 is 9.84 Å². The summed E-state index contributed by atoms with van der Waals surface area (Å²) in [5.74, 6) is 0.838. The minimum Gasteiger partial charge on any atom is -0.487 e. The van der Waals surface area contributed by atoms with Crippen LogP contribution in [0.25, 0.3) is 0 Å². The van der Waals surface area contributed by atoms with E-state index >= 15 is 0 Å². The zero-order valence-electron chi connectivity index (χ0n) is 10.8. The van der Waals surface area contributed by atoms with Crippen molar-refractivity contribution >= 4 is 11.3 Å². The molecule has 0 aliphatic heterocycles. The maximum Gasteiger partial charge on any atom is 0.131 e. The smallest absolute Gasteiger partial charge is 0.131 e. The third-order valence-electron chi connectivity index (χ3n) is 2.72. The average Bonchev–Trinajstić information content (AvgIpc) is 2.73. The molecule has 0 aliphatic rings. The summed E-state index contributed by atoms with van der Waals surface area (Å²) < 4.78 is 5.73. The number of aliphatic hydroxyl groups is 1. The van der Waals surface area contributed by atoms with E-state index in [2.05, 4.69) is 4.98 Å². The molecule has 1 atom stereocenters. The van der Waals surface area contributed by atoms with E-state index in [1.165, 1.54) is 0 Å². The molecule has 0 saturated heterocycles. The molecule has 1 heterocycles. The van der Waals surface area contributed by atoms with Crippen molar-refractivity contribution in [1.29, 1.82) is 0 Å². The molecule has 0 bridgehead atoms. The van der Waals surface area contributed by atoms with Gasteiger partial charge in [-0.3, -0.25) is 0 Å². The lowest BCUT2D eigenvalue weighted by atomic mass is 10.1. The van der Waals surface area contributed by atoms with Gasteiger partial charge in [-0.2, -0.15) is 0 Å². The Morgan fingerprint density at radius 1 is 1.39 bits per heavy atom. The molecule has 0 spiro atoms. The van der Waals surface area contributed by atoms with Crippen molar-refractivity contribution in [2.45, 2.75) is 33.5 Å². The van der Waals surface area contributed by atoms with Gasteiger partial charge < -0.3 is 9.84 Å². The highest BCUT2D eigenvalue weighted by atomic mass is 32.1. The number of benzene rings is 1. The van der Waals surface area contributed by atoms with Crippen molar-refractivity contribution in [2.75, 3.05) is 0 Å². The van der Waals surface area contributed by atoms with Crippen LogP contribution in [-0.4, -0.2) is 10.1 Å². The molecule has 0 amide bonds. The van der Waals surface area contributed by atoms with Crippen LogP contribution in [0.2, 0.25) is 0 Å². The lowest BCUT2D eigenvalue weighted by Gasteiger charge is -2.11. The molecular weight excluding hydrogens is 246 g/mol. The van der Waals surface area contributed by atoms with Gasteiger partial charge in [-0.25, -0.2) is 4.98 Å². The zero-order valence-corrected chi connectivity index (χ0v) is 11.6. The van der Waals surface area contributed by atoms with Gasteiger partial charge in [-0.15, -0.1) is 11.3 Å². The lowest BCUT2D eigenvalue weighted by molar-refractivity contribution is 0.199. The number of aliphatic hydroxyl groups excluding tert-OH is 1. The van der Waals surface area contributed by atoms with E-state index in [1.54, 1.807) is 18.3 Å². The fourth-order valence-corrected chi connectivity index (χ4v) is 2.32. The van der Waals surface area contributed by atoms with Crippen LogP contribution in [0, 0.1) is 13.8 Å². The fourth-order valence-electron chi connectivity index (χ4n) is 1.72. The molecule has 0 saturated carbocycles. The normalized spacial score (nSPS) is 12.4. The van der Waals surface area contributed by atoms with Crippen LogP contribution in [-0.2, 0) is 6.61 Å². The molecule has 0 fully saturated rings. The van der Waals surface area contributed by atoms with Crippen molar-refractivity contribution in [1.82, 2.24) is 4.98 Å². The zero-order chi connectivity index (χ0) is 13.1. The van der Waals surface area contributed by atoms with Gasteiger partial charge in [0, 0.05) is 5.38 Å². The third kappa shape index (κ3) is 3.09. The first-order chi connectivity index (χ1) is 8.56. The number of hydrogen-bond acceptors (Lipinski definition) is 4. The number of aromatic nitrogens is 1. The van der Waals surface area contributed by atoms with Crippen LogP contribution >= 0.6 is 11.3 Å². The minimum atomic E-state index is -0.445. The summed E-state index contributed by atoms with van der Waals surface area (Å²) in [4.78, 5) is 4.35. The van der Waals surface area contributed by atoms with Crippen LogP contribution in [0.3, 0.4) is 0 Å². The minimum absolute atomic E-state index is 0.445. The molecule has 1 aromatic carbocycles. The molecular formula is C14H17NO2S. The van der Waals surface area contributed by atoms with E-state index < -0.39 is 6.10 Å².